The van der Waals surface area contributed by atoms with Crippen molar-refractivity contribution >= 4 is 5.91 Å². The third kappa shape index (κ3) is 2.77. The van der Waals surface area contributed by atoms with E-state index in [1.807, 2.05) is 12.1 Å². The smallest absolute Gasteiger partial charge is 0.240 e. The van der Waals surface area contributed by atoms with E-state index in [1.54, 1.807) is 7.11 Å². The van der Waals surface area contributed by atoms with Crippen molar-refractivity contribution in [1.29, 1.82) is 0 Å². The molecule has 2 saturated carbocycles. The second-order valence-electron chi connectivity index (χ2n) is 6.56. The molecule has 2 aliphatic rings. The molecule has 0 saturated heterocycles. The molecule has 0 heterocycles. The molecule has 0 unspecified atom stereocenters. The van der Waals surface area contributed by atoms with Gasteiger partial charge in [0.05, 0.1) is 12.6 Å². The summed E-state index contributed by atoms with van der Waals surface area (Å²) in [5, 5.41) is 3.10. The van der Waals surface area contributed by atoms with Crippen LogP contribution < -0.4 is 15.8 Å². The van der Waals surface area contributed by atoms with Crippen LogP contribution in [0.4, 0.5) is 0 Å². The molecule has 0 aliphatic heterocycles. The normalized spacial score (nSPS) is 21.8. The zero-order valence-electron chi connectivity index (χ0n) is 12.7. The standard InChI is InChI=1S/C17H24N2O2/c1-21-14-6-4-5-13(11-14)16(7-2-3-8-16)12-19-15(20)17(18)9-10-17/h4-6,11H,2-3,7-10,12,18H2,1H3,(H,19,20). The van der Waals surface area contributed by atoms with Crippen LogP contribution in [-0.4, -0.2) is 25.1 Å². The van der Waals surface area contributed by atoms with E-state index in [1.165, 1.54) is 18.4 Å². The fourth-order valence-corrected chi connectivity index (χ4v) is 3.36. The van der Waals surface area contributed by atoms with Gasteiger partial charge >= 0.3 is 0 Å². The zero-order valence-corrected chi connectivity index (χ0v) is 12.7. The second kappa shape index (κ2) is 5.34. The highest BCUT2D eigenvalue weighted by atomic mass is 16.5. The Balaban J connectivity index is 1.77. The largest absolute Gasteiger partial charge is 0.497 e. The van der Waals surface area contributed by atoms with Gasteiger partial charge in [0.2, 0.25) is 5.91 Å². The number of nitrogens with two attached hydrogens (primary N) is 1. The quantitative estimate of drug-likeness (QED) is 0.872. The van der Waals surface area contributed by atoms with Crippen molar-refractivity contribution in [1.82, 2.24) is 5.32 Å². The zero-order chi connectivity index (χ0) is 14.9. The lowest BCUT2D eigenvalue weighted by molar-refractivity contribution is -0.123. The van der Waals surface area contributed by atoms with Crippen molar-refractivity contribution in [2.45, 2.75) is 49.5 Å². The van der Waals surface area contributed by atoms with Gasteiger partial charge in [-0.15, -0.1) is 0 Å². The molecule has 1 amide bonds. The Kier molecular flexibility index (Phi) is 3.66. The molecule has 0 bridgehead atoms. The van der Waals surface area contributed by atoms with E-state index >= 15 is 0 Å². The maximum atomic E-state index is 12.1. The number of hydrogen-bond donors (Lipinski definition) is 2. The van der Waals surface area contributed by atoms with Crippen molar-refractivity contribution in [3.05, 3.63) is 29.8 Å². The third-order valence-corrected chi connectivity index (χ3v) is 5.07. The predicted molar refractivity (Wildman–Crippen MR) is 82.3 cm³/mol. The summed E-state index contributed by atoms with van der Waals surface area (Å²) in [5.74, 6) is 0.888. The second-order valence-corrected chi connectivity index (χ2v) is 6.56. The Morgan fingerprint density at radius 3 is 2.62 bits per heavy atom. The molecule has 0 spiro atoms. The van der Waals surface area contributed by atoms with Gasteiger partial charge in [-0.25, -0.2) is 0 Å². The lowest BCUT2D eigenvalue weighted by Gasteiger charge is -2.31. The monoisotopic (exact) mass is 288 g/mol. The first-order valence-electron chi connectivity index (χ1n) is 7.80. The SMILES string of the molecule is COc1cccc(C2(CNC(=O)C3(N)CC3)CCCC2)c1. The lowest BCUT2D eigenvalue weighted by Crippen LogP contribution is -2.47. The van der Waals surface area contributed by atoms with Crippen LogP contribution in [0, 0.1) is 0 Å². The number of nitrogens with one attached hydrogen (secondary N) is 1. The summed E-state index contributed by atoms with van der Waals surface area (Å²) in [4.78, 5) is 12.1. The van der Waals surface area contributed by atoms with Crippen LogP contribution in [0.5, 0.6) is 5.75 Å². The number of ether oxygens (including phenoxy) is 1. The number of methoxy groups -OCH3 is 1. The Hall–Kier alpha value is -1.55. The van der Waals surface area contributed by atoms with Crippen LogP contribution in [0.3, 0.4) is 0 Å². The summed E-state index contributed by atoms with van der Waals surface area (Å²) < 4.78 is 5.34. The predicted octanol–water partition coefficient (Wildman–Crippen LogP) is 2.11. The number of rotatable bonds is 5. The highest BCUT2D eigenvalue weighted by Gasteiger charge is 2.47. The minimum atomic E-state index is -0.589. The first-order valence-corrected chi connectivity index (χ1v) is 7.80. The number of amides is 1. The van der Waals surface area contributed by atoms with Crippen LogP contribution in [-0.2, 0) is 10.2 Å². The molecular weight excluding hydrogens is 264 g/mol. The number of hydrogen-bond acceptors (Lipinski definition) is 3. The van der Waals surface area contributed by atoms with Crippen LogP contribution in [0.15, 0.2) is 24.3 Å². The van der Waals surface area contributed by atoms with Crippen molar-refractivity contribution in [2.24, 2.45) is 5.73 Å². The molecule has 3 rings (SSSR count). The van der Waals surface area contributed by atoms with E-state index in [-0.39, 0.29) is 11.3 Å². The van der Waals surface area contributed by atoms with E-state index in [0.29, 0.717) is 6.54 Å². The van der Waals surface area contributed by atoms with Gasteiger partial charge in [-0.3, -0.25) is 4.79 Å². The van der Waals surface area contributed by atoms with E-state index in [4.69, 9.17) is 10.5 Å². The molecule has 1 aromatic rings. The van der Waals surface area contributed by atoms with Crippen LogP contribution in [0.2, 0.25) is 0 Å². The van der Waals surface area contributed by atoms with Crippen molar-refractivity contribution in [3.8, 4) is 5.75 Å². The molecule has 114 valence electrons. The van der Waals surface area contributed by atoms with Crippen LogP contribution >= 0.6 is 0 Å². The van der Waals surface area contributed by atoms with Gasteiger partial charge < -0.3 is 15.8 Å². The van der Waals surface area contributed by atoms with Gasteiger partial charge in [0.25, 0.3) is 0 Å². The van der Waals surface area contributed by atoms with Gasteiger partial charge in [0.15, 0.2) is 0 Å². The first kappa shape index (κ1) is 14.4. The third-order valence-electron chi connectivity index (χ3n) is 5.07. The molecule has 3 N–H and O–H groups in total. The lowest BCUT2D eigenvalue weighted by atomic mass is 9.78. The van der Waals surface area contributed by atoms with Gasteiger partial charge in [0.1, 0.15) is 5.75 Å². The van der Waals surface area contributed by atoms with Crippen LogP contribution in [0.1, 0.15) is 44.1 Å². The first-order chi connectivity index (χ1) is 10.1. The minimum Gasteiger partial charge on any atom is -0.497 e. The Labute approximate surface area is 126 Å². The molecule has 4 heteroatoms. The van der Waals surface area contributed by atoms with Gasteiger partial charge in [0, 0.05) is 12.0 Å². The summed E-state index contributed by atoms with van der Waals surface area (Å²) in [5.41, 5.74) is 6.68. The molecule has 1 aromatic carbocycles. The average Bonchev–Trinajstić information content (AvgIpc) is 3.09. The number of carbonyl (C=O) groups is 1. The van der Waals surface area contributed by atoms with E-state index in [0.717, 1.165) is 31.4 Å². The van der Waals surface area contributed by atoms with Gasteiger partial charge in [-0.2, -0.15) is 0 Å². The highest BCUT2D eigenvalue weighted by molar-refractivity contribution is 5.89. The molecule has 0 radical (unpaired) electrons. The van der Waals surface area contributed by atoms with E-state index < -0.39 is 5.54 Å². The van der Waals surface area contributed by atoms with Crippen LogP contribution in [0.25, 0.3) is 0 Å². The Morgan fingerprint density at radius 1 is 1.29 bits per heavy atom. The molecule has 2 fully saturated rings. The summed E-state index contributed by atoms with van der Waals surface area (Å²) in [7, 11) is 1.69. The number of benzene rings is 1. The Morgan fingerprint density at radius 2 is 2.00 bits per heavy atom. The van der Waals surface area contributed by atoms with Gasteiger partial charge in [-0.05, 0) is 43.4 Å². The van der Waals surface area contributed by atoms with Crippen molar-refractivity contribution in [3.63, 3.8) is 0 Å². The van der Waals surface area contributed by atoms with Crippen molar-refractivity contribution in [2.75, 3.05) is 13.7 Å². The molecule has 2 aliphatic carbocycles. The molecule has 21 heavy (non-hydrogen) atoms. The number of carbonyl (C=O) groups excluding carboxylic acids is 1. The van der Waals surface area contributed by atoms with E-state index in [2.05, 4.69) is 17.4 Å². The summed E-state index contributed by atoms with van der Waals surface area (Å²) >= 11 is 0. The fraction of sp³-hybridized carbons (Fsp3) is 0.588. The van der Waals surface area contributed by atoms with Crippen molar-refractivity contribution < 1.29 is 9.53 Å². The summed E-state index contributed by atoms with van der Waals surface area (Å²) in [6, 6.07) is 8.24. The summed E-state index contributed by atoms with van der Waals surface area (Å²) in [6.45, 7) is 0.679. The average molecular weight is 288 g/mol. The molecule has 4 nitrogen and oxygen atoms in total. The maximum absolute atomic E-state index is 12.1. The topological polar surface area (TPSA) is 64.3 Å². The van der Waals surface area contributed by atoms with Gasteiger partial charge in [-0.1, -0.05) is 25.0 Å². The Bertz CT molecular complexity index is 531. The highest BCUT2D eigenvalue weighted by Crippen LogP contribution is 2.42. The van der Waals surface area contributed by atoms with E-state index in [9.17, 15) is 4.79 Å². The molecular formula is C17H24N2O2. The summed E-state index contributed by atoms with van der Waals surface area (Å²) in [6.07, 6.45) is 6.26. The fourth-order valence-electron chi connectivity index (χ4n) is 3.36. The minimum absolute atomic E-state index is 0.0108. The molecule has 0 atom stereocenters. The maximum Gasteiger partial charge on any atom is 0.240 e. The molecule has 0 aromatic heterocycles.